The van der Waals surface area contributed by atoms with Crippen LogP contribution in [-0.2, 0) is 0 Å². The second-order valence-electron chi connectivity index (χ2n) is 4.58. The lowest BCUT2D eigenvalue weighted by Crippen LogP contribution is -2.15. The molecule has 0 aliphatic carbocycles. The Bertz CT molecular complexity index is 795. The van der Waals surface area contributed by atoms with Crippen LogP contribution < -0.4 is 15.2 Å². The van der Waals surface area contributed by atoms with Crippen LogP contribution in [0.1, 0.15) is 0 Å². The largest absolute Gasteiger partial charge is 0.486 e. The van der Waals surface area contributed by atoms with Gasteiger partial charge in [0.25, 0.3) is 0 Å². The van der Waals surface area contributed by atoms with Gasteiger partial charge in [0.05, 0.1) is 5.56 Å². The number of benzene rings is 2. The first-order chi connectivity index (χ1) is 9.81. The van der Waals surface area contributed by atoms with Crippen molar-refractivity contribution in [2.75, 3.05) is 18.9 Å². The SMILES string of the molecule is Nc1ccc2nc(-c3cccc4c3OCCO4)oc2c1. The van der Waals surface area contributed by atoms with Gasteiger partial charge in [0.15, 0.2) is 17.1 Å². The van der Waals surface area contributed by atoms with Crippen molar-refractivity contribution < 1.29 is 13.9 Å². The number of fused-ring (bicyclic) bond motifs is 2. The highest BCUT2D eigenvalue weighted by molar-refractivity contribution is 5.81. The van der Waals surface area contributed by atoms with Crippen LogP contribution in [0.5, 0.6) is 11.5 Å². The van der Waals surface area contributed by atoms with Gasteiger partial charge in [-0.3, -0.25) is 0 Å². The maximum atomic E-state index is 5.77. The number of oxazole rings is 1. The fourth-order valence-corrected chi connectivity index (χ4v) is 2.30. The minimum Gasteiger partial charge on any atom is -0.486 e. The van der Waals surface area contributed by atoms with Crippen LogP contribution >= 0.6 is 0 Å². The average molecular weight is 268 g/mol. The summed E-state index contributed by atoms with van der Waals surface area (Å²) < 4.78 is 17.0. The Hall–Kier alpha value is -2.69. The lowest BCUT2D eigenvalue weighted by atomic mass is 10.1. The molecule has 0 radical (unpaired) electrons. The Morgan fingerprint density at radius 2 is 1.95 bits per heavy atom. The summed E-state index contributed by atoms with van der Waals surface area (Å²) in [5, 5.41) is 0. The molecule has 1 aromatic heterocycles. The molecule has 0 unspecified atom stereocenters. The molecule has 0 saturated carbocycles. The van der Waals surface area contributed by atoms with Gasteiger partial charge >= 0.3 is 0 Å². The molecule has 0 saturated heterocycles. The molecule has 2 N–H and O–H groups in total. The minimum absolute atomic E-state index is 0.507. The molecule has 1 aliphatic rings. The van der Waals surface area contributed by atoms with E-state index in [9.17, 15) is 0 Å². The molecule has 0 fully saturated rings. The number of nitrogens with zero attached hydrogens (tertiary/aromatic N) is 1. The predicted octanol–water partition coefficient (Wildman–Crippen LogP) is 2.85. The number of aromatic nitrogens is 1. The van der Waals surface area contributed by atoms with E-state index in [0.29, 0.717) is 36.1 Å². The van der Waals surface area contributed by atoms with E-state index in [2.05, 4.69) is 4.98 Å². The van der Waals surface area contributed by atoms with E-state index in [1.165, 1.54) is 0 Å². The summed E-state index contributed by atoms with van der Waals surface area (Å²) in [7, 11) is 0. The Labute approximate surface area is 114 Å². The summed E-state index contributed by atoms with van der Waals surface area (Å²) in [5.74, 6) is 1.90. The third-order valence-corrected chi connectivity index (χ3v) is 3.21. The molecule has 5 nitrogen and oxygen atoms in total. The molecule has 0 atom stereocenters. The lowest BCUT2D eigenvalue weighted by molar-refractivity contribution is 0.172. The van der Waals surface area contributed by atoms with Gasteiger partial charge in [-0.2, -0.15) is 0 Å². The molecule has 100 valence electrons. The monoisotopic (exact) mass is 268 g/mol. The quantitative estimate of drug-likeness (QED) is 0.687. The van der Waals surface area contributed by atoms with Crippen molar-refractivity contribution in [3.63, 3.8) is 0 Å². The number of ether oxygens (including phenoxy) is 2. The Morgan fingerprint density at radius 3 is 2.90 bits per heavy atom. The molecule has 0 spiro atoms. The van der Waals surface area contributed by atoms with Crippen LogP contribution in [0.2, 0.25) is 0 Å². The molecule has 20 heavy (non-hydrogen) atoms. The van der Waals surface area contributed by atoms with Gasteiger partial charge in [-0.25, -0.2) is 4.98 Å². The molecular formula is C15H12N2O3. The van der Waals surface area contributed by atoms with Crippen LogP contribution in [0, 0.1) is 0 Å². The molecule has 3 aromatic rings. The van der Waals surface area contributed by atoms with Crippen molar-refractivity contribution in [3.05, 3.63) is 36.4 Å². The summed E-state index contributed by atoms with van der Waals surface area (Å²) in [6.45, 7) is 1.08. The van der Waals surface area contributed by atoms with Gasteiger partial charge in [-0.05, 0) is 24.3 Å². The first kappa shape index (κ1) is 11.2. The van der Waals surface area contributed by atoms with Crippen molar-refractivity contribution in [3.8, 4) is 23.0 Å². The van der Waals surface area contributed by atoms with Crippen molar-refractivity contribution in [2.24, 2.45) is 0 Å². The van der Waals surface area contributed by atoms with Crippen LogP contribution in [0.3, 0.4) is 0 Å². The van der Waals surface area contributed by atoms with Gasteiger partial charge in [0, 0.05) is 11.8 Å². The van der Waals surface area contributed by atoms with E-state index in [0.717, 1.165) is 16.8 Å². The maximum absolute atomic E-state index is 5.77. The number of rotatable bonds is 1. The fourth-order valence-electron chi connectivity index (χ4n) is 2.30. The van der Waals surface area contributed by atoms with E-state index in [1.54, 1.807) is 12.1 Å². The summed E-state index contributed by atoms with van der Waals surface area (Å²) in [6, 6.07) is 11.1. The number of anilines is 1. The average Bonchev–Trinajstić information content (AvgIpc) is 2.89. The second kappa shape index (κ2) is 4.16. The van der Waals surface area contributed by atoms with Gasteiger partial charge < -0.3 is 19.6 Å². The molecule has 0 amide bonds. The maximum Gasteiger partial charge on any atom is 0.231 e. The van der Waals surface area contributed by atoms with Gasteiger partial charge in [-0.15, -0.1) is 0 Å². The fraction of sp³-hybridized carbons (Fsp3) is 0.133. The number of nitrogens with two attached hydrogens (primary N) is 1. The Balaban J connectivity index is 1.90. The molecule has 1 aliphatic heterocycles. The Kier molecular flexibility index (Phi) is 2.32. The molecule has 4 rings (SSSR count). The van der Waals surface area contributed by atoms with E-state index < -0.39 is 0 Å². The van der Waals surface area contributed by atoms with Crippen molar-refractivity contribution in [1.29, 1.82) is 0 Å². The number of para-hydroxylation sites is 1. The van der Waals surface area contributed by atoms with Crippen molar-refractivity contribution in [1.82, 2.24) is 4.98 Å². The molecular weight excluding hydrogens is 256 g/mol. The number of hydrogen-bond acceptors (Lipinski definition) is 5. The van der Waals surface area contributed by atoms with Gasteiger partial charge in [-0.1, -0.05) is 6.07 Å². The molecule has 0 bridgehead atoms. The lowest BCUT2D eigenvalue weighted by Gasteiger charge is -2.19. The van der Waals surface area contributed by atoms with Crippen LogP contribution in [0.15, 0.2) is 40.8 Å². The smallest absolute Gasteiger partial charge is 0.231 e. The molecule has 5 heteroatoms. The molecule has 2 heterocycles. The van der Waals surface area contributed by atoms with Gasteiger partial charge in [0.2, 0.25) is 5.89 Å². The zero-order valence-electron chi connectivity index (χ0n) is 10.6. The zero-order valence-corrected chi connectivity index (χ0v) is 10.6. The third kappa shape index (κ3) is 1.67. The van der Waals surface area contributed by atoms with Crippen LogP contribution in [-0.4, -0.2) is 18.2 Å². The van der Waals surface area contributed by atoms with E-state index in [-0.39, 0.29) is 0 Å². The van der Waals surface area contributed by atoms with E-state index in [1.807, 2.05) is 24.3 Å². The predicted molar refractivity (Wildman–Crippen MR) is 74.8 cm³/mol. The Morgan fingerprint density at radius 1 is 1.05 bits per heavy atom. The first-order valence-corrected chi connectivity index (χ1v) is 6.36. The minimum atomic E-state index is 0.507. The summed E-state index contributed by atoms with van der Waals surface area (Å²) in [5.41, 5.74) is 8.62. The van der Waals surface area contributed by atoms with E-state index in [4.69, 9.17) is 19.6 Å². The summed E-state index contributed by atoms with van der Waals surface area (Å²) in [4.78, 5) is 4.47. The standard InChI is InChI=1S/C15H12N2O3/c16-9-4-5-11-13(8-9)20-15(17-11)10-2-1-3-12-14(10)19-7-6-18-12/h1-5,8H,6-7,16H2. The van der Waals surface area contributed by atoms with Crippen molar-refractivity contribution in [2.45, 2.75) is 0 Å². The third-order valence-electron chi connectivity index (χ3n) is 3.21. The van der Waals surface area contributed by atoms with Crippen LogP contribution in [0.4, 0.5) is 5.69 Å². The highest BCUT2D eigenvalue weighted by Crippen LogP contribution is 2.40. The highest BCUT2D eigenvalue weighted by Gasteiger charge is 2.20. The zero-order chi connectivity index (χ0) is 13.5. The highest BCUT2D eigenvalue weighted by atomic mass is 16.6. The normalized spacial score (nSPS) is 13.6. The summed E-state index contributed by atoms with van der Waals surface area (Å²) >= 11 is 0. The summed E-state index contributed by atoms with van der Waals surface area (Å²) in [6.07, 6.45) is 0. The second-order valence-corrected chi connectivity index (χ2v) is 4.58. The topological polar surface area (TPSA) is 70.5 Å². The molecule has 2 aromatic carbocycles. The van der Waals surface area contributed by atoms with Crippen molar-refractivity contribution >= 4 is 16.8 Å². The van der Waals surface area contributed by atoms with Gasteiger partial charge in [0.1, 0.15) is 18.7 Å². The number of hydrogen-bond donors (Lipinski definition) is 1. The van der Waals surface area contributed by atoms with Crippen LogP contribution in [0.25, 0.3) is 22.6 Å². The first-order valence-electron chi connectivity index (χ1n) is 6.36. The van der Waals surface area contributed by atoms with E-state index >= 15 is 0 Å². The number of nitrogen functional groups attached to an aromatic ring is 1.